The van der Waals surface area contributed by atoms with Crippen molar-refractivity contribution in [2.24, 2.45) is 0 Å². The number of aromatic nitrogens is 2. The Bertz CT molecular complexity index is 1270. The van der Waals surface area contributed by atoms with Crippen LogP contribution in [0.5, 0.6) is 11.5 Å². The molecule has 0 unspecified atom stereocenters. The topological polar surface area (TPSA) is 73.2 Å². The van der Waals surface area contributed by atoms with Crippen LogP contribution in [0.25, 0.3) is 11.3 Å². The van der Waals surface area contributed by atoms with E-state index in [4.69, 9.17) is 4.74 Å². The number of carbonyl (C=O) groups is 1. The van der Waals surface area contributed by atoms with Crippen LogP contribution in [-0.2, 0) is 17.8 Å². The molecule has 6 nitrogen and oxygen atoms in total. The fraction of sp³-hybridized carbons (Fsp3) is 0.115. The number of hydrogen-bond donors (Lipinski definition) is 1. The number of para-hydroxylation sites is 3. The predicted molar refractivity (Wildman–Crippen MR) is 125 cm³/mol. The van der Waals surface area contributed by atoms with Crippen LogP contribution in [0.1, 0.15) is 12.5 Å². The average molecular weight is 425 g/mol. The molecule has 0 radical (unpaired) electrons. The van der Waals surface area contributed by atoms with Crippen LogP contribution in [0.15, 0.2) is 95.8 Å². The number of hydrogen-bond acceptors (Lipinski definition) is 4. The zero-order chi connectivity index (χ0) is 22.3. The Kier molecular flexibility index (Phi) is 6.41. The summed E-state index contributed by atoms with van der Waals surface area (Å²) in [5.74, 6) is 0.799. The molecule has 160 valence electrons. The smallest absolute Gasteiger partial charge is 0.267 e. The number of ether oxygens (including phenoxy) is 1. The zero-order valence-electron chi connectivity index (χ0n) is 17.7. The summed E-state index contributed by atoms with van der Waals surface area (Å²) in [6, 6.07) is 27.5. The van der Waals surface area contributed by atoms with Crippen LogP contribution in [0.2, 0.25) is 0 Å². The second kappa shape index (κ2) is 9.75. The zero-order valence-corrected chi connectivity index (χ0v) is 17.7. The Morgan fingerprint density at radius 1 is 0.906 bits per heavy atom. The molecule has 1 aromatic heterocycles. The highest BCUT2D eigenvalue weighted by molar-refractivity contribution is 5.92. The van der Waals surface area contributed by atoms with E-state index in [1.54, 1.807) is 24.3 Å². The maximum atomic E-state index is 12.7. The summed E-state index contributed by atoms with van der Waals surface area (Å²) in [5, 5.41) is 7.20. The van der Waals surface area contributed by atoms with Crippen molar-refractivity contribution in [3.8, 4) is 22.8 Å². The molecule has 1 N–H and O–H groups in total. The highest BCUT2D eigenvalue weighted by atomic mass is 16.5. The fourth-order valence-corrected chi connectivity index (χ4v) is 3.23. The highest BCUT2D eigenvalue weighted by Gasteiger charge is 2.11. The fourth-order valence-electron chi connectivity index (χ4n) is 3.23. The van der Waals surface area contributed by atoms with Gasteiger partial charge in [-0.2, -0.15) is 5.10 Å². The van der Waals surface area contributed by atoms with Gasteiger partial charge in [0, 0.05) is 11.6 Å². The molecule has 3 aromatic carbocycles. The number of anilines is 1. The van der Waals surface area contributed by atoms with Crippen molar-refractivity contribution in [2.45, 2.75) is 19.9 Å². The van der Waals surface area contributed by atoms with E-state index >= 15 is 0 Å². The summed E-state index contributed by atoms with van der Waals surface area (Å²) >= 11 is 0. The van der Waals surface area contributed by atoms with Crippen LogP contribution in [-0.4, -0.2) is 15.7 Å². The third-order valence-electron chi connectivity index (χ3n) is 4.95. The first kappa shape index (κ1) is 21.1. The van der Waals surface area contributed by atoms with Crippen molar-refractivity contribution < 1.29 is 9.53 Å². The quantitative estimate of drug-likeness (QED) is 0.457. The van der Waals surface area contributed by atoms with Crippen molar-refractivity contribution >= 4 is 11.6 Å². The Labute approximate surface area is 186 Å². The minimum Gasteiger partial charge on any atom is -0.455 e. The van der Waals surface area contributed by atoms with E-state index in [1.165, 1.54) is 16.3 Å². The van der Waals surface area contributed by atoms with Crippen molar-refractivity contribution in [3.05, 3.63) is 107 Å². The maximum Gasteiger partial charge on any atom is 0.267 e. The number of rotatable bonds is 7. The van der Waals surface area contributed by atoms with Gasteiger partial charge < -0.3 is 10.1 Å². The van der Waals surface area contributed by atoms with Gasteiger partial charge in [0.25, 0.3) is 5.56 Å². The summed E-state index contributed by atoms with van der Waals surface area (Å²) in [5.41, 5.74) is 2.91. The van der Waals surface area contributed by atoms with E-state index in [2.05, 4.69) is 17.3 Å². The molecule has 0 saturated heterocycles. The van der Waals surface area contributed by atoms with Gasteiger partial charge in [-0.3, -0.25) is 9.59 Å². The maximum absolute atomic E-state index is 12.7. The number of benzene rings is 3. The van der Waals surface area contributed by atoms with E-state index in [0.29, 0.717) is 22.9 Å². The SMILES string of the molecule is CCc1ccc(-c2ccc(=O)n(CC(=O)Nc3ccccc3Oc3ccccc3)n2)cc1. The lowest BCUT2D eigenvalue weighted by molar-refractivity contribution is -0.117. The molecule has 0 aliphatic rings. The third-order valence-corrected chi connectivity index (χ3v) is 4.95. The lowest BCUT2D eigenvalue weighted by Crippen LogP contribution is -2.29. The second-order valence-corrected chi connectivity index (χ2v) is 7.22. The molecule has 4 aromatic rings. The summed E-state index contributed by atoms with van der Waals surface area (Å²) in [4.78, 5) is 25.0. The first-order chi connectivity index (χ1) is 15.6. The third kappa shape index (κ3) is 5.10. The molecular weight excluding hydrogens is 402 g/mol. The molecule has 0 bridgehead atoms. The van der Waals surface area contributed by atoms with Crippen molar-refractivity contribution in [2.75, 3.05) is 5.32 Å². The Hall–Kier alpha value is -4.19. The second-order valence-electron chi connectivity index (χ2n) is 7.22. The van der Waals surface area contributed by atoms with Crippen LogP contribution < -0.4 is 15.6 Å². The number of nitrogens with one attached hydrogen (secondary N) is 1. The highest BCUT2D eigenvalue weighted by Crippen LogP contribution is 2.29. The first-order valence-electron chi connectivity index (χ1n) is 10.4. The van der Waals surface area contributed by atoms with Crippen LogP contribution in [0.4, 0.5) is 5.69 Å². The number of amides is 1. The van der Waals surface area contributed by atoms with Crippen LogP contribution >= 0.6 is 0 Å². The Morgan fingerprint density at radius 2 is 1.62 bits per heavy atom. The molecule has 1 amide bonds. The minimum atomic E-state index is -0.373. The Morgan fingerprint density at radius 3 is 2.38 bits per heavy atom. The van der Waals surface area contributed by atoms with Gasteiger partial charge in [-0.25, -0.2) is 4.68 Å². The molecular formula is C26H23N3O3. The largest absolute Gasteiger partial charge is 0.455 e. The number of carbonyl (C=O) groups excluding carboxylic acids is 1. The summed E-state index contributed by atoms with van der Waals surface area (Å²) < 4.78 is 7.05. The molecule has 0 saturated carbocycles. The van der Waals surface area contributed by atoms with E-state index in [-0.39, 0.29) is 18.0 Å². The molecule has 0 spiro atoms. The monoisotopic (exact) mass is 425 g/mol. The number of aryl methyl sites for hydroxylation is 1. The van der Waals surface area contributed by atoms with Gasteiger partial charge in [0.2, 0.25) is 5.91 Å². The van der Waals surface area contributed by atoms with Gasteiger partial charge in [-0.1, -0.05) is 61.5 Å². The van der Waals surface area contributed by atoms with Gasteiger partial charge in [-0.15, -0.1) is 0 Å². The van der Waals surface area contributed by atoms with E-state index in [1.807, 2.05) is 60.7 Å². The molecule has 1 heterocycles. The van der Waals surface area contributed by atoms with Gasteiger partial charge >= 0.3 is 0 Å². The molecule has 0 fully saturated rings. The first-order valence-corrected chi connectivity index (χ1v) is 10.4. The van der Waals surface area contributed by atoms with Gasteiger partial charge in [0.15, 0.2) is 5.75 Å². The van der Waals surface area contributed by atoms with Crippen molar-refractivity contribution in [3.63, 3.8) is 0 Å². The van der Waals surface area contributed by atoms with Crippen LogP contribution in [0.3, 0.4) is 0 Å². The Balaban J connectivity index is 1.51. The number of nitrogens with zero attached hydrogens (tertiary/aromatic N) is 2. The lowest BCUT2D eigenvalue weighted by Gasteiger charge is -2.13. The van der Waals surface area contributed by atoms with Gasteiger partial charge in [-0.05, 0) is 42.3 Å². The van der Waals surface area contributed by atoms with Crippen LogP contribution in [0, 0.1) is 0 Å². The molecule has 0 atom stereocenters. The standard InChI is InChI=1S/C26H23N3O3/c1-2-19-12-14-20(15-13-19)22-16-17-26(31)29(28-22)18-25(30)27-23-10-6-7-11-24(23)32-21-8-4-3-5-9-21/h3-17H,2,18H2,1H3,(H,27,30). The molecule has 6 heteroatoms. The summed E-state index contributed by atoms with van der Waals surface area (Å²) in [7, 11) is 0. The minimum absolute atomic E-state index is 0.209. The lowest BCUT2D eigenvalue weighted by atomic mass is 10.1. The molecule has 0 aliphatic heterocycles. The van der Waals surface area contributed by atoms with E-state index in [0.717, 1.165) is 12.0 Å². The van der Waals surface area contributed by atoms with Crippen molar-refractivity contribution in [1.29, 1.82) is 0 Å². The summed E-state index contributed by atoms with van der Waals surface area (Å²) in [6.07, 6.45) is 0.947. The van der Waals surface area contributed by atoms with E-state index in [9.17, 15) is 9.59 Å². The van der Waals surface area contributed by atoms with Crippen molar-refractivity contribution in [1.82, 2.24) is 9.78 Å². The average Bonchev–Trinajstić information content (AvgIpc) is 2.82. The van der Waals surface area contributed by atoms with E-state index < -0.39 is 0 Å². The summed E-state index contributed by atoms with van der Waals surface area (Å²) in [6.45, 7) is 1.88. The molecule has 4 rings (SSSR count). The molecule has 0 aliphatic carbocycles. The van der Waals surface area contributed by atoms with Gasteiger partial charge in [0.05, 0.1) is 11.4 Å². The molecule has 32 heavy (non-hydrogen) atoms. The normalized spacial score (nSPS) is 10.5. The van der Waals surface area contributed by atoms with Gasteiger partial charge in [0.1, 0.15) is 12.3 Å². The predicted octanol–water partition coefficient (Wildman–Crippen LogP) is 4.90.